The molecule has 0 spiro atoms. The highest BCUT2D eigenvalue weighted by molar-refractivity contribution is 7.15. The fraction of sp³-hybridized carbons (Fsp3) is 0.143. The molecule has 0 bridgehead atoms. The van der Waals surface area contributed by atoms with Crippen LogP contribution in [0.25, 0.3) is 0 Å². The number of hydrogen-bond donors (Lipinski definition) is 3. The van der Waals surface area contributed by atoms with Crippen molar-refractivity contribution >= 4 is 39.9 Å². The Morgan fingerprint density at radius 2 is 1.64 bits per heavy atom. The van der Waals surface area contributed by atoms with E-state index in [2.05, 4.69) is 15.6 Å². The van der Waals surface area contributed by atoms with Crippen LogP contribution in [0.5, 0.6) is 0 Å². The topological polar surface area (TPSA) is 114 Å². The zero-order valence-electron chi connectivity index (χ0n) is 12.0. The van der Waals surface area contributed by atoms with Crippen molar-refractivity contribution < 1.29 is 14.4 Å². The summed E-state index contributed by atoms with van der Waals surface area (Å²) in [6.45, 7) is 3.70. The average molecular weight is 318 g/mol. The lowest BCUT2D eigenvalue weighted by Gasteiger charge is -2.05. The van der Waals surface area contributed by atoms with Crippen molar-refractivity contribution in [2.75, 3.05) is 10.6 Å². The maximum Gasteiger partial charge on any atom is 0.315 e. The van der Waals surface area contributed by atoms with Crippen LogP contribution in [0, 0.1) is 13.8 Å². The summed E-state index contributed by atoms with van der Waals surface area (Å²) >= 11 is 1.30. The number of primary amides is 1. The number of benzene rings is 1. The fourth-order valence-electron chi connectivity index (χ4n) is 1.59. The van der Waals surface area contributed by atoms with Gasteiger partial charge in [-0.25, -0.2) is 4.98 Å². The molecule has 1 aromatic heterocycles. The van der Waals surface area contributed by atoms with Gasteiger partial charge in [0.1, 0.15) is 0 Å². The number of nitrogens with one attached hydrogen (secondary N) is 2. The van der Waals surface area contributed by atoms with E-state index in [-0.39, 0.29) is 0 Å². The van der Waals surface area contributed by atoms with Crippen LogP contribution < -0.4 is 16.4 Å². The number of amides is 3. The second kappa shape index (κ2) is 6.35. The predicted molar refractivity (Wildman–Crippen MR) is 83.8 cm³/mol. The highest BCUT2D eigenvalue weighted by Gasteiger charge is 2.16. The molecule has 0 saturated carbocycles. The van der Waals surface area contributed by atoms with Crippen molar-refractivity contribution in [2.24, 2.45) is 5.73 Å². The van der Waals surface area contributed by atoms with E-state index in [4.69, 9.17) is 5.73 Å². The lowest BCUT2D eigenvalue weighted by molar-refractivity contribution is -0.132. The van der Waals surface area contributed by atoms with Crippen LogP contribution in [-0.4, -0.2) is 22.7 Å². The molecule has 7 nitrogen and oxygen atoms in total. The number of hydrogen-bond acceptors (Lipinski definition) is 5. The van der Waals surface area contributed by atoms with Gasteiger partial charge in [0.15, 0.2) is 5.13 Å². The Kier molecular flexibility index (Phi) is 4.52. The van der Waals surface area contributed by atoms with Crippen LogP contribution in [0.4, 0.5) is 10.8 Å². The summed E-state index contributed by atoms with van der Waals surface area (Å²) in [7, 11) is 0. The number of carbonyl (C=O) groups excluding carboxylic acids is 3. The Labute approximate surface area is 130 Å². The third-order valence-electron chi connectivity index (χ3n) is 2.88. The van der Waals surface area contributed by atoms with Crippen molar-refractivity contribution in [3.8, 4) is 0 Å². The molecule has 0 fully saturated rings. The minimum atomic E-state index is -0.822. The van der Waals surface area contributed by atoms with Crippen LogP contribution >= 0.6 is 11.3 Å². The van der Waals surface area contributed by atoms with Crippen molar-refractivity contribution in [1.29, 1.82) is 0 Å². The minimum absolute atomic E-state index is 0.316. The van der Waals surface area contributed by atoms with E-state index in [9.17, 15) is 14.4 Å². The molecule has 0 aliphatic heterocycles. The number of thiazole rings is 1. The highest BCUT2D eigenvalue weighted by Crippen LogP contribution is 2.21. The molecule has 2 aromatic rings. The molecule has 2 rings (SSSR count). The monoisotopic (exact) mass is 318 g/mol. The molecule has 0 unspecified atom stereocenters. The molecule has 8 heteroatoms. The molecule has 4 N–H and O–H groups in total. The number of carbonyl (C=O) groups is 3. The van der Waals surface area contributed by atoms with Gasteiger partial charge in [0.25, 0.3) is 0 Å². The van der Waals surface area contributed by atoms with Crippen LogP contribution in [0.1, 0.15) is 20.9 Å². The largest absolute Gasteiger partial charge is 0.366 e. The van der Waals surface area contributed by atoms with E-state index < -0.39 is 17.7 Å². The molecule has 0 aliphatic carbocycles. The van der Waals surface area contributed by atoms with E-state index in [0.717, 1.165) is 10.6 Å². The van der Waals surface area contributed by atoms with Crippen molar-refractivity contribution in [2.45, 2.75) is 13.8 Å². The number of aryl methyl sites for hydroxylation is 2. The van der Waals surface area contributed by atoms with E-state index in [0.29, 0.717) is 16.4 Å². The second-order valence-corrected chi connectivity index (χ2v) is 5.71. The summed E-state index contributed by atoms with van der Waals surface area (Å²) in [4.78, 5) is 39.6. The first-order valence-corrected chi connectivity index (χ1v) is 7.14. The van der Waals surface area contributed by atoms with Gasteiger partial charge in [-0.05, 0) is 38.1 Å². The third kappa shape index (κ3) is 3.67. The fourth-order valence-corrected chi connectivity index (χ4v) is 2.40. The van der Waals surface area contributed by atoms with Crippen LogP contribution in [0.15, 0.2) is 24.3 Å². The van der Waals surface area contributed by atoms with Crippen LogP contribution in [0.3, 0.4) is 0 Å². The van der Waals surface area contributed by atoms with E-state index in [1.165, 1.54) is 35.6 Å². The maximum absolute atomic E-state index is 11.8. The summed E-state index contributed by atoms with van der Waals surface area (Å²) in [6, 6.07) is 5.90. The van der Waals surface area contributed by atoms with E-state index >= 15 is 0 Å². The number of rotatable bonds is 3. The molecule has 0 radical (unpaired) electrons. The van der Waals surface area contributed by atoms with E-state index in [1.54, 1.807) is 0 Å². The number of anilines is 2. The molecule has 114 valence electrons. The van der Waals surface area contributed by atoms with Gasteiger partial charge in [-0.3, -0.25) is 19.7 Å². The van der Waals surface area contributed by atoms with Gasteiger partial charge in [0, 0.05) is 16.1 Å². The molecule has 1 aromatic carbocycles. The SMILES string of the molecule is Cc1nc(NC(=O)C(=O)Nc2ccc(C(N)=O)cc2)sc1C. The number of nitrogens with zero attached hydrogens (tertiary/aromatic N) is 1. The van der Waals surface area contributed by atoms with Gasteiger partial charge in [-0.1, -0.05) is 0 Å². The molecule has 3 amide bonds. The average Bonchev–Trinajstić information content (AvgIpc) is 2.77. The zero-order chi connectivity index (χ0) is 16.3. The summed E-state index contributed by atoms with van der Waals surface area (Å²) in [5.74, 6) is -2.20. The van der Waals surface area contributed by atoms with Crippen molar-refractivity contribution in [3.63, 3.8) is 0 Å². The molecule has 1 heterocycles. The Balaban J connectivity index is 1.99. The summed E-state index contributed by atoms with van der Waals surface area (Å²) in [5.41, 5.74) is 6.63. The Morgan fingerprint density at radius 3 is 2.14 bits per heavy atom. The Hall–Kier alpha value is -2.74. The first-order valence-electron chi connectivity index (χ1n) is 6.33. The third-order valence-corrected chi connectivity index (χ3v) is 3.87. The summed E-state index contributed by atoms with van der Waals surface area (Å²) in [5, 5.41) is 5.23. The molecule has 0 atom stereocenters. The predicted octanol–water partition coefficient (Wildman–Crippen LogP) is 1.44. The lowest BCUT2D eigenvalue weighted by Crippen LogP contribution is -2.29. The standard InChI is InChI=1S/C14H14N4O3S/c1-7-8(2)22-14(16-7)18-13(21)12(20)17-10-5-3-9(4-6-10)11(15)19/h3-6H,1-2H3,(H2,15,19)(H,17,20)(H,16,18,21). The Morgan fingerprint density at radius 1 is 1.05 bits per heavy atom. The first-order chi connectivity index (χ1) is 10.4. The summed E-state index contributed by atoms with van der Waals surface area (Å²) in [6.07, 6.45) is 0. The van der Waals surface area contributed by atoms with Gasteiger partial charge in [-0.15, -0.1) is 11.3 Å². The van der Waals surface area contributed by atoms with Gasteiger partial charge in [0.2, 0.25) is 5.91 Å². The first kappa shape index (κ1) is 15.6. The minimum Gasteiger partial charge on any atom is -0.366 e. The molecule has 22 heavy (non-hydrogen) atoms. The second-order valence-electron chi connectivity index (χ2n) is 4.51. The van der Waals surface area contributed by atoms with E-state index in [1.807, 2.05) is 13.8 Å². The smallest absolute Gasteiger partial charge is 0.315 e. The zero-order valence-corrected chi connectivity index (χ0v) is 12.8. The lowest BCUT2D eigenvalue weighted by atomic mass is 10.2. The van der Waals surface area contributed by atoms with Crippen molar-refractivity contribution in [3.05, 3.63) is 40.4 Å². The Bertz CT molecular complexity index is 718. The van der Waals surface area contributed by atoms with Gasteiger partial charge < -0.3 is 11.1 Å². The van der Waals surface area contributed by atoms with Gasteiger partial charge in [-0.2, -0.15) is 0 Å². The summed E-state index contributed by atoms with van der Waals surface area (Å²) < 4.78 is 0. The molecular weight excluding hydrogens is 304 g/mol. The molecule has 0 saturated heterocycles. The number of nitrogens with two attached hydrogens (primary N) is 1. The normalized spacial score (nSPS) is 10.1. The molecule has 0 aliphatic rings. The highest BCUT2D eigenvalue weighted by atomic mass is 32.1. The van der Waals surface area contributed by atoms with Crippen molar-refractivity contribution in [1.82, 2.24) is 4.98 Å². The van der Waals surface area contributed by atoms with Gasteiger partial charge >= 0.3 is 11.8 Å². The van der Waals surface area contributed by atoms with Crippen LogP contribution in [0.2, 0.25) is 0 Å². The molecular formula is C14H14N4O3S. The number of aromatic nitrogens is 1. The van der Waals surface area contributed by atoms with Gasteiger partial charge in [0.05, 0.1) is 5.69 Å². The quantitative estimate of drug-likeness (QED) is 0.743. The van der Waals surface area contributed by atoms with Crippen LogP contribution in [-0.2, 0) is 9.59 Å². The maximum atomic E-state index is 11.8.